The molecule has 2 aromatic carbocycles. The summed E-state index contributed by atoms with van der Waals surface area (Å²) < 4.78 is 21.6. The number of hydrogen-bond donors (Lipinski definition) is 2. The fraction of sp³-hybridized carbons (Fsp3) is 0.154. The van der Waals surface area contributed by atoms with Gasteiger partial charge in [0.1, 0.15) is 11.5 Å². The minimum Gasteiger partial charge on any atom is -0.468 e. The zero-order valence-corrected chi connectivity index (χ0v) is 18.7. The van der Waals surface area contributed by atoms with Gasteiger partial charge in [-0.2, -0.15) is 0 Å². The van der Waals surface area contributed by atoms with Crippen molar-refractivity contribution in [1.29, 1.82) is 0 Å². The monoisotopic (exact) mass is 473 g/mol. The molecule has 0 unspecified atom stereocenters. The molecule has 0 atom stereocenters. The van der Waals surface area contributed by atoms with Gasteiger partial charge < -0.3 is 28.9 Å². The molecule has 9 nitrogen and oxygen atoms in total. The average Bonchev–Trinajstić information content (AvgIpc) is 3.62. The molecular formula is C26H23N3O6. The topological polar surface area (TPSA) is 106 Å². The zero-order valence-electron chi connectivity index (χ0n) is 18.7. The highest BCUT2D eigenvalue weighted by Gasteiger charge is 2.19. The molecule has 0 fully saturated rings. The van der Waals surface area contributed by atoms with E-state index in [4.69, 9.17) is 18.3 Å². The second-order valence-corrected chi connectivity index (χ2v) is 7.92. The number of carbonyl (C=O) groups excluding carboxylic acids is 2. The summed E-state index contributed by atoms with van der Waals surface area (Å²) in [6.07, 6.45) is 3.19. The molecule has 1 aliphatic heterocycles. The Kier molecular flexibility index (Phi) is 6.49. The summed E-state index contributed by atoms with van der Waals surface area (Å²) in [4.78, 5) is 27.8. The second-order valence-electron chi connectivity index (χ2n) is 7.92. The van der Waals surface area contributed by atoms with Crippen molar-refractivity contribution < 1.29 is 27.9 Å². The Morgan fingerprint density at radius 2 is 1.51 bits per heavy atom. The van der Waals surface area contributed by atoms with Gasteiger partial charge in [0.25, 0.3) is 5.91 Å². The van der Waals surface area contributed by atoms with E-state index in [0.29, 0.717) is 41.5 Å². The Hall–Kier alpha value is -4.50. The first-order valence-corrected chi connectivity index (χ1v) is 11.0. The molecule has 3 heterocycles. The Balaban J connectivity index is 1.26. The molecule has 0 spiro atoms. The molecule has 5 rings (SSSR count). The van der Waals surface area contributed by atoms with Gasteiger partial charge in [0, 0.05) is 11.8 Å². The number of amides is 2. The lowest BCUT2D eigenvalue weighted by atomic mass is 10.1. The van der Waals surface area contributed by atoms with Gasteiger partial charge in [-0.05, 0) is 48.5 Å². The maximum Gasteiger partial charge on any atom is 0.257 e. The molecule has 0 aliphatic carbocycles. The van der Waals surface area contributed by atoms with Crippen LogP contribution in [0.2, 0.25) is 0 Å². The fourth-order valence-electron chi connectivity index (χ4n) is 3.77. The highest BCUT2D eigenvalue weighted by molar-refractivity contribution is 6.10. The van der Waals surface area contributed by atoms with Crippen LogP contribution in [0.5, 0.6) is 11.5 Å². The Bertz CT molecular complexity index is 1260. The van der Waals surface area contributed by atoms with Gasteiger partial charge in [-0.15, -0.1) is 0 Å². The maximum atomic E-state index is 13.0. The summed E-state index contributed by atoms with van der Waals surface area (Å²) in [7, 11) is 0. The van der Waals surface area contributed by atoms with E-state index in [9.17, 15) is 9.59 Å². The van der Waals surface area contributed by atoms with Gasteiger partial charge in [-0.3, -0.25) is 14.5 Å². The predicted molar refractivity (Wildman–Crippen MR) is 127 cm³/mol. The summed E-state index contributed by atoms with van der Waals surface area (Å²) in [5.41, 5.74) is 1.30. The number of hydrogen-bond acceptors (Lipinski definition) is 7. The van der Waals surface area contributed by atoms with Crippen LogP contribution in [0.1, 0.15) is 21.9 Å². The first-order chi connectivity index (χ1) is 17.1. The van der Waals surface area contributed by atoms with Gasteiger partial charge >= 0.3 is 0 Å². The Morgan fingerprint density at radius 1 is 0.800 bits per heavy atom. The number of nitrogens with zero attached hydrogens (tertiary/aromatic N) is 1. The van der Waals surface area contributed by atoms with Crippen LogP contribution in [0.15, 0.2) is 88.1 Å². The van der Waals surface area contributed by atoms with E-state index < -0.39 is 0 Å². The molecule has 35 heavy (non-hydrogen) atoms. The number of anilines is 2. The highest BCUT2D eigenvalue weighted by atomic mass is 16.7. The van der Waals surface area contributed by atoms with E-state index in [2.05, 4.69) is 10.6 Å². The van der Waals surface area contributed by atoms with E-state index in [0.717, 1.165) is 11.5 Å². The number of furan rings is 2. The van der Waals surface area contributed by atoms with Gasteiger partial charge in [0.15, 0.2) is 11.5 Å². The van der Waals surface area contributed by atoms with Crippen LogP contribution < -0.4 is 20.1 Å². The number of nitrogens with one attached hydrogen (secondary N) is 2. The normalized spacial score (nSPS) is 12.0. The third-order valence-electron chi connectivity index (χ3n) is 5.36. The van der Waals surface area contributed by atoms with Crippen LogP contribution in [0.25, 0.3) is 0 Å². The first-order valence-electron chi connectivity index (χ1n) is 11.0. The van der Waals surface area contributed by atoms with E-state index in [-0.39, 0.29) is 25.2 Å². The molecule has 2 amide bonds. The smallest absolute Gasteiger partial charge is 0.257 e. The molecular weight excluding hydrogens is 450 g/mol. The summed E-state index contributed by atoms with van der Waals surface area (Å²) in [5.74, 6) is 2.02. The number of rotatable bonds is 9. The number of fused-ring (bicyclic) bond motifs is 1. The fourth-order valence-corrected chi connectivity index (χ4v) is 3.77. The van der Waals surface area contributed by atoms with Crippen molar-refractivity contribution >= 4 is 23.2 Å². The van der Waals surface area contributed by atoms with Crippen molar-refractivity contribution in [2.45, 2.75) is 13.1 Å². The molecule has 4 aromatic rings. The van der Waals surface area contributed by atoms with E-state index in [1.54, 1.807) is 67.1 Å². The molecule has 0 radical (unpaired) electrons. The lowest BCUT2D eigenvalue weighted by Gasteiger charge is -2.20. The highest BCUT2D eigenvalue weighted by Crippen LogP contribution is 2.34. The molecule has 0 bridgehead atoms. The van der Waals surface area contributed by atoms with E-state index >= 15 is 0 Å². The summed E-state index contributed by atoms with van der Waals surface area (Å²) >= 11 is 0. The first kappa shape index (κ1) is 22.3. The number of benzene rings is 2. The van der Waals surface area contributed by atoms with Crippen molar-refractivity contribution in [3.63, 3.8) is 0 Å². The van der Waals surface area contributed by atoms with Crippen LogP contribution in [-0.2, 0) is 17.9 Å². The van der Waals surface area contributed by atoms with Gasteiger partial charge in [-0.25, -0.2) is 0 Å². The largest absolute Gasteiger partial charge is 0.468 e. The van der Waals surface area contributed by atoms with Crippen molar-refractivity contribution in [3.05, 3.63) is 96.3 Å². The summed E-state index contributed by atoms with van der Waals surface area (Å²) in [6, 6.07) is 19.3. The van der Waals surface area contributed by atoms with Crippen molar-refractivity contribution in [1.82, 2.24) is 4.90 Å². The zero-order chi connectivity index (χ0) is 24.0. The van der Waals surface area contributed by atoms with Crippen LogP contribution in [-0.4, -0.2) is 30.1 Å². The molecule has 2 aromatic heterocycles. The molecule has 1 aliphatic rings. The van der Waals surface area contributed by atoms with Crippen LogP contribution in [0, 0.1) is 0 Å². The Morgan fingerprint density at radius 3 is 2.23 bits per heavy atom. The lowest BCUT2D eigenvalue weighted by Crippen LogP contribution is -2.32. The molecule has 178 valence electrons. The third-order valence-corrected chi connectivity index (χ3v) is 5.36. The average molecular weight is 473 g/mol. The summed E-state index contributed by atoms with van der Waals surface area (Å²) in [5, 5.41) is 5.70. The second kappa shape index (κ2) is 10.2. The molecule has 2 N–H and O–H groups in total. The molecule has 0 saturated carbocycles. The van der Waals surface area contributed by atoms with Crippen molar-refractivity contribution in [2.24, 2.45) is 0 Å². The quantitative estimate of drug-likeness (QED) is 0.369. The lowest BCUT2D eigenvalue weighted by molar-refractivity contribution is -0.117. The number of ether oxygens (including phenoxy) is 2. The minimum atomic E-state index is -0.359. The van der Waals surface area contributed by atoms with Crippen LogP contribution >= 0.6 is 0 Å². The number of carbonyl (C=O) groups is 2. The molecule has 0 saturated heterocycles. The van der Waals surface area contributed by atoms with Gasteiger partial charge in [0.05, 0.1) is 43.4 Å². The standard InChI is InChI=1S/C26H23N3O6/c30-25(16-29(14-19-5-3-11-32-19)15-20-6-4-12-33-20)28-22-8-2-1-7-21(22)26(31)27-18-9-10-23-24(13-18)35-17-34-23/h1-13H,14-17H2,(H,27,31)(H,28,30). The minimum absolute atomic E-state index is 0.0690. The number of para-hydroxylation sites is 1. The van der Waals surface area contributed by atoms with E-state index in [1.165, 1.54) is 0 Å². The van der Waals surface area contributed by atoms with Crippen LogP contribution in [0.3, 0.4) is 0 Å². The Labute approximate surface area is 201 Å². The predicted octanol–water partition coefficient (Wildman–Crippen LogP) is 4.49. The SMILES string of the molecule is O=C(CN(Cc1ccco1)Cc1ccco1)Nc1ccccc1C(=O)Nc1ccc2c(c1)OCO2. The maximum absolute atomic E-state index is 13.0. The van der Waals surface area contributed by atoms with Gasteiger partial charge in [-0.1, -0.05) is 12.1 Å². The van der Waals surface area contributed by atoms with Crippen molar-refractivity contribution in [2.75, 3.05) is 24.0 Å². The third kappa shape index (κ3) is 5.53. The van der Waals surface area contributed by atoms with Crippen LogP contribution in [0.4, 0.5) is 11.4 Å². The molecule has 9 heteroatoms. The van der Waals surface area contributed by atoms with Gasteiger partial charge in [0.2, 0.25) is 12.7 Å². The van der Waals surface area contributed by atoms with E-state index in [1.807, 2.05) is 17.0 Å². The van der Waals surface area contributed by atoms with Crippen molar-refractivity contribution in [3.8, 4) is 11.5 Å². The summed E-state index contributed by atoms with van der Waals surface area (Å²) in [6.45, 7) is 1.07.